The van der Waals surface area contributed by atoms with Crippen LogP contribution in [0.15, 0.2) is 38.4 Å². The summed E-state index contributed by atoms with van der Waals surface area (Å²) in [7, 11) is -3.79. The predicted molar refractivity (Wildman–Crippen MR) is 84.4 cm³/mol. The molecule has 1 saturated heterocycles. The van der Waals surface area contributed by atoms with Crippen molar-refractivity contribution < 1.29 is 12.8 Å². The Morgan fingerprint density at radius 1 is 1.18 bits per heavy atom. The number of hydrogen-bond acceptors (Lipinski definition) is 4. The van der Waals surface area contributed by atoms with E-state index in [1.165, 1.54) is 10.4 Å². The summed E-state index contributed by atoms with van der Waals surface area (Å²) < 4.78 is 32.0. The normalized spacial score (nSPS) is 17.9. The molecule has 1 fully saturated rings. The molecule has 1 aliphatic heterocycles. The molecular weight excluding hydrogens is 302 g/mol. The molecule has 0 radical (unpaired) electrons. The summed E-state index contributed by atoms with van der Waals surface area (Å²) in [4.78, 5) is 11.8. The van der Waals surface area contributed by atoms with E-state index in [1.807, 2.05) is 19.1 Å². The standard InChI is InChI=1S/C16H19NO4S/c1-11-5-7-17(8-6-11)22(19,20)15-10-13-9-12(2)3-4-14(13)21-16(15)18/h3-4,9-11H,5-8H2,1-2H3. The largest absolute Gasteiger partial charge is 0.422 e. The van der Waals surface area contributed by atoms with Gasteiger partial charge >= 0.3 is 5.63 Å². The highest BCUT2D eigenvalue weighted by molar-refractivity contribution is 7.89. The summed E-state index contributed by atoms with van der Waals surface area (Å²) in [5, 5.41) is 0.628. The van der Waals surface area contributed by atoms with Crippen LogP contribution in [0.2, 0.25) is 0 Å². The van der Waals surface area contributed by atoms with E-state index < -0.39 is 15.6 Å². The summed E-state index contributed by atoms with van der Waals surface area (Å²) >= 11 is 0. The minimum absolute atomic E-state index is 0.264. The number of piperidine rings is 1. The zero-order valence-electron chi connectivity index (χ0n) is 12.7. The van der Waals surface area contributed by atoms with E-state index in [0.29, 0.717) is 30.0 Å². The quantitative estimate of drug-likeness (QED) is 0.797. The summed E-state index contributed by atoms with van der Waals surface area (Å²) in [6, 6.07) is 6.76. The predicted octanol–water partition coefficient (Wildman–Crippen LogP) is 2.52. The van der Waals surface area contributed by atoms with E-state index in [4.69, 9.17) is 4.42 Å². The van der Waals surface area contributed by atoms with Crippen molar-refractivity contribution in [3.63, 3.8) is 0 Å². The topological polar surface area (TPSA) is 67.6 Å². The molecule has 0 N–H and O–H groups in total. The molecule has 0 aliphatic carbocycles. The van der Waals surface area contributed by atoms with E-state index >= 15 is 0 Å². The van der Waals surface area contributed by atoms with Crippen molar-refractivity contribution in [1.29, 1.82) is 0 Å². The first-order valence-electron chi connectivity index (χ1n) is 7.42. The van der Waals surface area contributed by atoms with Gasteiger partial charge in [0.15, 0.2) is 4.90 Å². The van der Waals surface area contributed by atoms with Crippen LogP contribution in [0.1, 0.15) is 25.3 Å². The Morgan fingerprint density at radius 2 is 1.86 bits per heavy atom. The van der Waals surface area contributed by atoms with Crippen molar-refractivity contribution in [1.82, 2.24) is 4.31 Å². The molecule has 0 spiro atoms. The molecule has 0 bridgehead atoms. The van der Waals surface area contributed by atoms with E-state index in [0.717, 1.165) is 18.4 Å². The fraction of sp³-hybridized carbons (Fsp3) is 0.438. The molecule has 0 unspecified atom stereocenters. The lowest BCUT2D eigenvalue weighted by molar-refractivity contribution is 0.287. The minimum atomic E-state index is -3.79. The fourth-order valence-corrected chi connectivity index (χ4v) is 4.27. The number of aryl methyl sites for hydroxylation is 1. The van der Waals surface area contributed by atoms with Crippen molar-refractivity contribution in [2.24, 2.45) is 5.92 Å². The maximum Gasteiger partial charge on any atom is 0.356 e. The number of benzene rings is 1. The molecule has 1 aliphatic rings. The zero-order chi connectivity index (χ0) is 15.9. The van der Waals surface area contributed by atoms with Crippen LogP contribution in [0.25, 0.3) is 11.0 Å². The van der Waals surface area contributed by atoms with Crippen molar-refractivity contribution in [2.45, 2.75) is 31.6 Å². The Hall–Kier alpha value is -1.66. The number of hydrogen-bond donors (Lipinski definition) is 0. The van der Waals surface area contributed by atoms with Crippen LogP contribution in [0.5, 0.6) is 0 Å². The van der Waals surface area contributed by atoms with Gasteiger partial charge in [-0.25, -0.2) is 13.2 Å². The lowest BCUT2D eigenvalue weighted by atomic mass is 10.0. The van der Waals surface area contributed by atoms with Crippen molar-refractivity contribution in [3.8, 4) is 0 Å². The van der Waals surface area contributed by atoms with Gasteiger partial charge in [0.1, 0.15) is 5.58 Å². The Kier molecular flexibility index (Phi) is 3.82. The van der Waals surface area contributed by atoms with Gasteiger partial charge in [0.05, 0.1) is 0 Å². The maximum atomic E-state index is 12.7. The molecule has 6 heteroatoms. The first-order chi connectivity index (χ1) is 10.4. The maximum absolute atomic E-state index is 12.7. The molecule has 0 saturated carbocycles. The molecular formula is C16H19NO4S. The molecule has 0 atom stereocenters. The second-order valence-corrected chi connectivity index (χ2v) is 7.93. The van der Waals surface area contributed by atoms with Crippen LogP contribution < -0.4 is 5.63 Å². The average molecular weight is 321 g/mol. The van der Waals surface area contributed by atoms with E-state index in [2.05, 4.69) is 6.92 Å². The van der Waals surface area contributed by atoms with E-state index in [-0.39, 0.29) is 4.90 Å². The second-order valence-electron chi connectivity index (χ2n) is 6.03. The molecule has 1 aromatic heterocycles. The van der Waals surface area contributed by atoms with Crippen LogP contribution in [0.3, 0.4) is 0 Å². The van der Waals surface area contributed by atoms with Gasteiger partial charge in [0.25, 0.3) is 0 Å². The molecule has 1 aromatic carbocycles. The van der Waals surface area contributed by atoms with Crippen molar-refractivity contribution >= 4 is 21.0 Å². The van der Waals surface area contributed by atoms with Crippen LogP contribution in [0.4, 0.5) is 0 Å². The first kappa shape index (κ1) is 15.2. The van der Waals surface area contributed by atoms with Crippen LogP contribution in [0, 0.1) is 12.8 Å². The average Bonchev–Trinajstić information content (AvgIpc) is 2.47. The zero-order valence-corrected chi connectivity index (χ0v) is 13.5. The molecule has 0 amide bonds. The van der Waals surface area contributed by atoms with Gasteiger partial charge in [-0.2, -0.15) is 4.31 Å². The summed E-state index contributed by atoms with van der Waals surface area (Å²) in [5.41, 5.74) is 0.591. The van der Waals surface area contributed by atoms with Crippen molar-refractivity contribution in [2.75, 3.05) is 13.1 Å². The first-order valence-corrected chi connectivity index (χ1v) is 8.86. The van der Waals surface area contributed by atoms with Gasteiger partial charge in [0, 0.05) is 18.5 Å². The number of nitrogens with zero attached hydrogens (tertiary/aromatic N) is 1. The minimum Gasteiger partial charge on any atom is -0.422 e. The van der Waals surface area contributed by atoms with E-state index in [9.17, 15) is 13.2 Å². The summed E-state index contributed by atoms with van der Waals surface area (Å²) in [6.45, 7) is 4.92. The molecule has 2 heterocycles. The SMILES string of the molecule is Cc1ccc2oc(=O)c(S(=O)(=O)N3CCC(C)CC3)cc2c1. The van der Waals surface area contributed by atoms with Gasteiger partial charge in [-0.3, -0.25) is 0 Å². The summed E-state index contributed by atoms with van der Waals surface area (Å²) in [5.74, 6) is 0.516. The van der Waals surface area contributed by atoms with Gasteiger partial charge < -0.3 is 4.42 Å². The Balaban J connectivity index is 2.08. The van der Waals surface area contributed by atoms with Gasteiger partial charge in [0.2, 0.25) is 10.0 Å². The third-order valence-electron chi connectivity index (χ3n) is 4.22. The molecule has 22 heavy (non-hydrogen) atoms. The smallest absolute Gasteiger partial charge is 0.356 e. The molecule has 118 valence electrons. The van der Waals surface area contributed by atoms with E-state index in [1.54, 1.807) is 6.07 Å². The lowest BCUT2D eigenvalue weighted by Gasteiger charge is -2.29. The highest BCUT2D eigenvalue weighted by atomic mass is 32.2. The van der Waals surface area contributed by atoms with Crippen molar-refractivity contribution in [3.05, 3.63) is 40.2 Å². The van der Waals surface area contributed by atoms with Gasteiger partial charge in [-0.05, 0) is 43.9 Å². The fourth-order valence-electron chi connectivity index (χ4n) is 2.77. The highest BCUT2D eigenvalue weighted by Crippen LogP contribution is 2.24. The Labute approximate surface area is 129 Å². The van der Waals surface area contributed by atoms with Crippen LogP contribution in [-0.2, 0) is 10.0 Å². The lowest BCUT2D eigenvalue weighted by Crippen LogP contribution is -2.39. The third-order valence-corrected chi connectivity index (χ3v) is 6.10. The van der Waals surface area contributed by atoms with Crippen LogP contribution >= 0.6 is 0 Å². The monoisotopic (exact) mass is 321 g/mol. The number of fused-ring (bicyclic) bond motifs is 1. The Bertz CT molecular complexity index is 861. The second kappa shape index (κ2) is 5.52. The Morgan fingerprint density at radius 3 is 2.55 bits per heavy atom. The molecule has 2 aromatic rings. The highest BCUT2D eigenvalue weighted by Gasteiger charge is 2.31. The summed E-state index contributed by atoms with van der Waals surface area (Å²) in [6.07, 6.45) is 1.63. The van der Waals surface area contributed by atoms with Gasteiger partial charge in [-0.15, -0.1) is 0 Å². The van der Waals surface area contributed by atoms with Gasteiger partial charge in [-0.1, -0.05) is 18.6 Å². The number of rotatable bonds is 2. The molecule has 5 nitrogen and oxygen atoms in total. The third kappa shape index (κ3) is 2.68. The van der Waals surface area contributed by atoms with Crippen LogP contribution in [-0.4, -0.2) is 25.8 Å². The number of sulfonamides is 1. The molecule has 3 rings (SSSR count).